The lowest BCUT2D eigenvalue weighted by atomic mass is 9.69. The Morgan fingerprint density at radius 1 is 0.929 bits per heavy atom. The highest BCUT2D eigenvalue weighted by Gasteiger charge is 2.26. The van der Waals surface area contributed by atoms with Gasteiger partial charge >= 0.3 is 6.98 Å². The summed E-state index contributed by atoms with van der Waals surface area (Å²) in [7, 11) is 0. The van der Waals surface area contributed by atoms with Gasteiger partial charge in [0.25, 0.3) is 0 Å². The van der Waals surface area contributed by atoms with E-state index in [-0.39, 0.29) is 6.98 Å². The molecule has 0 saturated carbocycles. The monoisotopic (exact) mass is 200 g/mol. The summed E-state index contributed by atoms with van der Waals surface area (Å²) >= 11 is 1.71. The smallest absolute Gasteiger partial charge is 0.403 e. The molecule has 0 aliphatic carbocycles. The Balaban J connectivity index is 1.89. The van der Waals surface area contributed by atoms with Crippen molar-refractivity contribution in [2.75, 3.05) is 10.5 Å². The first kappa shape index (κ1) is 7.94. The molecule has 3 rings (SSSR count). The lowest BCUT2D eigenvalue weighted by Gasteiger charge is -2.06. The Bertz CT molecular complexity index is 420. The van der Waals surface area contributed by atoms with Crippen molar-refractivity contribution in [3.63, 3.8) is 0 Å². The predicted octanol–water partition coefficient (Wildman–Crippen LogP) is 1.98. The zero-order valence-electron chi connectivity index (χ0n) is 7.53. The van der Waals surface area contributed by atoms with Crippen LogP contribution in [0.15, 0.2) is 41.1 Å². The fourth-order valence-electron chi connectivity index (χ4n) is 1.68. The van der Waals surface area contributed by atoms with Crippen LogP contribution in [0.1, 0.15) is 0 Å². The molecule has 68 valence electrons. The minimum Gasteiger partial charge on any atom is -0.403 e. The number of benzene rings is 1. The summed E-state index contributed by atoms with van der Waals surface area (Å²) in [4.78, 5) is 0. The largest absolute Gasteiger partial charge is 0.406 e. The van der Waals surface area contributed by atoms with Gasteiger partial charge in [-0.2, -0.15) is 0 Å². The molecule has 1 aromatic carbocycles. The third-order valence-corrected chi connectivity index (χ3v) is 3.14. The van der Waals surface area contributed by atoms with Crippen molar-refractivity contribution in [2.24, 2.45) is 0 Å². The van der Waals surface area contributed by atoms with Gasteiger partial charge < -0.3 is 10.5 Å². The first-order chi connectivity index (χ1) is 6.93. The fourth-order valence-corrected chi connectivity index (χ4v) is 2.41. The van der Waals surface area contributed by atoms with E-state index >= 15 is 0 Å². The molecule has 0 atom stereocenters. The van der Waals surface area contributed by atoms with Crippen molar-refractivity contribution >= 4 is 35.2 Å². The van der Waals surface area contributed by atoms with E-state index in [2.05, 4.69) is 45.5 Å². The summed E-state index contributed by atoms with van der Waals surface area (Å²) < 4.78 is 0. The maximum atomic E-state index is 3.43. The zero-order valence-corrected chi connectivity index (χ0v) is 8.34. The average Bonchev–Trinajstić information content (AvgIpc) is 2.78. The lowest BCUT2D eigenvalue weighted by molar-refractivity contribution is 1.74. The molecule has 1 aliphatic heterocycles. The number of fused-ring (bicyclic) bond motifs is 1. The highest BCUT2D eigenvalue weighted by molar-refractivity contribution is 7.09. The summed E-state index contributed by atoms with van der Waals surface area (Å²) in [6.45, 7) is 0.231. The molecule has 0 unspecified atom stereocenters. The number of thiophene rings is 1. The van der Waals surface area contributed by atoms with Crippen LogP contribution in [0, 0.1) is 0 Å². The van der Waals surface area contributed by atoms with Crippen LogP contribution in [0.4, 0.5) is 11.4 Å². The van der Waals surface area contributed by atoms with E-state index in [1.807, 2.05) is 6.07 Å². The molecule has 0 radical (unpaired) electrons. The molecule has 1 aromatic heterocycles. The highest BCUT2D eigenvalue weighted by atomic mass is 32.1. The van der Waals surface area contributed by atoms with Crippen molar-refractivity contribution in [1.29, 1.82) is 0 Å². The minimum atomic E-state index is 0.231. The van der Waals surface area contributed by atoms with Crippen molar-refractivity contribution < 1.29 is 0 Å². The Morgan fingerprint density at radius 3 is 2.21 bits per heavy atom. The minimum absolute atomic E-state index is 0.231. The van der Waals surface area contributed by atoms with Gasteiger partial charge in [-0.15, -0.1) is 11.3 Å². The van der Waals surface area contributed by atoms with Gasteiger partial charge in [0.15, 0.2) is 0 Å². The van der Waals surface area contributed by atoms with Gasteiger partial charge in [-0.05, 0) is 5.46 Å². The number of rotatable bonds is 1. The van der Waals surface area contributed by atoms with Crippen LogP contribution in [0.3, 0.4) is 0 Å². The molecular weight excluding hydrogens is 191 g/mol. The summed E-state index contributed by atoms with van der Waals surface area (Å²) in [5.41, 5.74) is 3.70. The molecule has 0 amide bonds. The van der Waals surface area contributed by atoms with Crippen LogP contribution in [0.5, 0.6) is 0 Å². The quantitative estimate of drug-likeness (QED) is 0.687. The van der Waals surface area contributed by atoms with Gasteiger partial charge in [0.1, 0.15) is 0 Å². The second kappa shape index (κ2) is 3.06. The van der Waals surface area contributed by atoms with E-state index < -0.39 is 0 Å². The van der Waals surface area contributed by atoms with Crippen LogP contribution in [0.2, 0.25) is 0 Å². The second-order valence-corrected chi connectivity index (χ2v) is 4.08. The Labute approximate surface area is 87.1 Å². The molecule has 2 N–H and O–H groups in total. The van der Waals surface area contributed by atoms with E-state index in [1.54, 1.807) is 11.3 Å². The average molecular weight is 200 g/mol. The first-order valence-electron chi connectivity index (χ1n) is 4.58. The van der Waals surface area contributed by atoms with Crippen LogP contribution in [-0.2, 0) is 0 Å². The van der Waals surface area contributed by atoms with Gasteiger partial charge in [-0.3, -0.25) is 0 Å². The van der Waals surface area contributed by atoms with E-state index in [4.69, 9.17) is 0 Å². The van der Waals surface area contributed by atoms with Gasteiger partial charge in [-0.25, -0.2) is 0 Å². The van der Waals surface area contributed by atoms with E-state index in [0.717, 1.165) is 0 Å². The first-order valence-corrected chi connectivity index (χ1v) is 5.52. The third-order valence-electron chi connectivity index (χ3n) is 2.39. The molecule has 0 saturated heterocycles. The normalized spacial score (nSPS) is 13.3. The molecule has 0 bridgehead atoms. The topological polar surface area (TPSA) is 24.1 Å². The zero-order chi connectivity index (χ0) is 9.38. The molecule has 2 heterocycles. The second-order valence-electron chi connectivity index (χ2n) is 3.33. The van der Waals surface area contributed by atoms with Crippen LogP contribution < -0.4 is 15.9 Å². The maximum Gasteiger partial charge on any atom is 0.406 e. The predicted molar refractivity (Wildman–Crippen MR) is 63.4 cm³/mol. The summed E-state index contributed by atoms with van der Waals surface area (Å²) in [5.74, 6) is 0. The van der Waals surface area contributed by atoms with Gasteiger partial charge in [0.05, 0.1) is 11.4 Å². The van der Waals surface area contributed by atoms with Crippen molar-refractivity contribution in [1.82, 2.24) is 0 Å². The standard InChI is InChI=1S/C10H9BN2S/c1-2-4-8(5-3-1)11-12-9-6-14-7-10(9)13-11/h1-7,12-13H. The molecule has 0 fully saturated rings. The number of anilines is 2. The van der Waals surface area contributed by atoms with E-state index in [1.165, 1.54) is 16.8 Å². The van der Waals surface area contributed by atoms with Gasteiger partial charge in [0, 0.05) is 10.8 Å². The molecule has 4 heteroatoms. The SMILES string of the molecule is c1ccc(B2Nc3cscc3N2)cc1. The van der Waals surface area contributed by atoms with Crippen molar-refractivity contribution in [3.8, 4) is 0 Å². The van der Waals surface area contributed by atoms with E-state index in [0.29, 0.717) is 0 Å². The summed E-state index contributed by atoms with van der Waals surface area (Å²) in [6.07, 6.45) is 0. The van der Waals surface area contributed by atoms with Gasteiger partial charge in [0.2, 0.25) is 0 Å². The molecule has 14 heavy (non-hydrogen) atoms. The Hall–Kier alpha value is -1.42. The highest BCUT2D eigenvalue weighted by Crippen LogP contribution is 2.30. The van der Waals surface area contributed by atoms with Crippen LogP contribution in [-0.4, -0.2) is 6.98 Å². The Morgan fingerprint density at radius 2 is 1.57 bits per heavy atom. The summed E-state index contributed by atoms with van der Waals surface area (Å²) in [6, 6.07) is 10.4. The number of hydrogen-bond donors (Lipinski definition) is 2. The molecule has 0 spiro atoms. The fraction of sp³-hybridized carbons (Fsp3) is 0. The number of nitrogens with one attached hydrogen (secondary N) is 2. The van der Waals surface area contributed by atoms with Crippen LogP contribution >= 0.6 is 11.3 Å². The maximum absolute atomic E-state index is 3.43. The number of hydrogen-bond acceptors (Lipinski definition) is 3. The Kier molecular flexibility index (Phi) is 1.74. The molecule has 2 aromatic rings. The van der Waals surface area contributed by atoms with Crippen LogP contribution in [0.25, 0.3) is 0 Å². The summed E-state index contributed by atoms with van der Waals surface area (Å²) in [5, 5.41) is 11.1. The third kappa shape index (κ3) is 1.19. The van der Waals surface area contributed by atoms with Crippen molar-refractivity contribution in [2.45, 2.75) is 0 Å². The molecule has 2 nitrogen and oxygen atoms in total. The van der Waals surface area contributed by atoms with E-state index in [9.17, 15) is 0 Å². The van der Waals surface area contributed by atoms with Gasteiger partial charge in [-0.1, -0.05) is 30.3 Å². The lowest BCUT2D eigenvalue weighted by Crippen LogP contribution is -2.41. The molecular formula is C10H9BN2S. The molecule has 1 aliphatic rings. The van der Waals surface area contributed by atoms with Crippen molar-refractivity contribution in [3.05, 3.63) is 41.1 Å².